The Bertz CT molecular complexity index is 394. The molecule has 1 aromatic carbocycles. The number of hydrogen-bond donors (Lipinski definition) is 2. The lowest BCUT2D eigenvalue weighted by molar-refractivity contribution is -0.132. The number of carbonyl (C=O) groups excluding carboxylic acids is 1. The Balaban J connectivity index is 2.36. The largest absolute Gasteiger partial charge is 0.493 e. The maximum absolute atomic E-state index is 12.9. The van der Waals surface area contributed by atoms with E-state index in [1.165, 1.54) is 23.1 Å². The van der Waals surface area contributed by atoms with Crippen LogP contribution in [0.1, 0.15) is 6.42 Å². The van der Waals surface area contributed by atoms with Crippen molar-refractivity contribution in [3.05, 3.63) is 30.1 Å². The monoisotopic (exact) mass is 271 g/mol. The van der Waals surface area contributed by atoms with Crippen LogP contribution in [0.5, 0.6) is 5.75 Å². The number of halogens is 1. The molecule has 2 N–H and O–H groups in total. The maximum Gasteiger partial charge on any atom is 0.226 e. The van der Waals surface area contributed by atoms with Crippen molar-refractivity contribution in [2.75, 3.05) is 32.9 Å². The molecule has 0 radical (unpaired) electrons. The lowest BCUT2D eigenvalue weighted by atomic mass is 10.3. The molecule has 0 spiro atoms. The van der Waals surface area contributed by atoms with Crippen molar-refractivity contribution in [3.63, 3.8) is 0 Å². The van der Waals surface area contributed by atoms with Gasteiger partial charge in [0.15, 0.2) is 0 Å². The highest BCUT2D eigenvalue weighted by molar-refractivity contribution is 5.76. The topological polar surface area (TPSA) is 70.0 Å². The molecule has 0 aromatic heterocycles. The van der Waals surface area contributed by atoms with Crippen molar-refractivity contribution < 1.29 is 24.1 Å². The van der Waals surface area contributed by atoms with E-state index in [9.17, 15) is 9.18 Å². The summed E-state index contributed by atoms with van der Waals surface area (Å²) in [5.74, 6) is -0.255. The molecule has 19 heavy (non-hydrogen) atoms. The fraction of sp³-hybridized carbons (Fsp3) is 0.462. The Morgan fingerprint density at radius 1 is 1.26 bits per heavy atom. The smallest absolute Gasteiger partial charge is 0.226 e. The first-order chi connectivity index (χ1) is 9.17. The van der Waals surface area contributed by atoms with Crippen molar-refractivity contribution in [1.29, 1.82) is 0 Å². The minimum Gasteiger partial charge on any atom is -0.493 e. The number of carbonyl (C=O) groups is 1. The summed E-state index contributed by atoms with van der Waals surface area (Å²) in [7, 11) is 0. The third-order valence-corrected chi connectivity index (χ3v) is 2.47. The van der Waals surface area contributed by atoms with Gasteiger partial charge in [-0.1, -0.05) is 6.07 Å². The van der Waals surface area contributed by atoms with Crippen LogP contribution in [-0.2, 0) is 4.79 Å². The number of hydrogen-bond acceptors (Lipinski definition) is 4. The van der Waals surface area contributed by atoms with Gasteiger partial charge in [0.25, 0.3) is 0 Å². The molecule has 0 aliphatic rings. The first-order valence-corrected chi connectivity index (χ1v) is 6.05. The van der Waals surface area contributed by atoms with Gasteiger partial charge in [0.2, 0.25) is 5.91 Å². The van der Waals surface area contributed by atoms with E-state index in [0.29, 0.717) is 5.75 Å². The summed E-state index contributed by atoms with van der Waals surface area (Å²) >= 11 is 0. The van der Waals surface area contributed by atoms with Gasteiger partial charge in [0.05, 0.1) is 26.2 Å². The molecule has 1 amide bonds. The summed E-state index contributed by atoms with van der Waals surface area (Å²) in [5.41, 5.74) is 0. The number of amides is 1. The van der Waals surface area contributed by atoms with Gasteiger partial charge >= 0.3 is 0 Å². The summed E-state index contributed by atoms with van der Waals surface area (Å²) < 4.78 is 18.1. The first kappa shape index (κ1) is 15.4. The van der Waals surface area contributed by atoms with E-state index in [4.69, 9.17) is 14.9 Å². The molecule has 0 aliphatic carbocycles. The van der Waals surface area contributed by atoms with Crippen LogP contribution < -0.4 is 4.74 Å². The second-order valence-corrected chi connectivity index (χ2v) is 3.88. The maximum atomic E-state index is 12.9. The third-order valence-electron chi connectivity index (χ3n) is 2.47. The van der Waals surface area contributed by atoms with Crippen molar-refractivity contribution in [3.8, 4) is 5.75 Å². The number of rotatable bonds is 8. The van der Waals surface area contributed by atoms with Crippen LogP contribution in [0.2, 0.25) is 0 Å². The van der Waals surface area contributed by atoms with Gasteiger partial charge < -0.3 is 19.8 Å². The normalized spacial score (nSPS) is 10.3. The second kappa shape index (κ2) is 8.44. The van der Waals surface area contributed by atoms with Gasteiger partial charge in [-0.25, -0.2) is 4.39 Å². The summed E-state index contributed by atoms with van der Waals surface area (Å²) in [6.45, 7) is 0.168. The zero-order valence-corrected chi connectivity index (χ0v) is 10.6. The Morgan fingerprint density at radius 3 is 2.53 bits per heavy atom. The van der Waals surface area contributed by atoms with Crippen LogP contribution in [0, 0.1) is 5.82 Å². The fourth-order valence-electron chi connectivity index (χ4n) is 1.57. The van der Waals surface area contributed by atoms with Gasteiger partial charge in [0.1, 0.15) is 11.6 Å². The predicted octanol–water partition coefficient (Wildman–Crippen LogP) is 0.408. The van der Waals surface area contributed by atoms with Crippen LogP contribution in [0.15, 0.2) is 24.3 Å². The van der Waals surface area contributed by atoms with Crippen LogP contribution in [0.25, 0.3) is 0 Å². The Hall–Kier alpha value is -1.66. The Kier molecular flexibility index (Phi) is 6.84. The van der Waals surface area contributed by atoms with E-state index in [-0.39, 0.29) is 45.2 Å². The summed E-state index contributed by atoms with van der Waals surface area (Å²) in [6.07, 6.45) is 0.108. The Labute approximate surface area is 111 Å². The molecule has 0 unspecified atom stereocenters. The van der Waals surface area contributed by atoms with Gasteiger partial charge in [-0.3, -0.25) is 4.79 Å². The Morgan fingerprint density at radius 2 is 1.95 bits per heavy atom. The van der Waals surface area contributed by atoms with E-state index in [2.05, 4.69) is 0 Å². The minimum absolute atomic E-state index is 0.108. The molecule has 0 saturated carbocycles. The summed E-state index contributed by atoms with van der Waals surface area (Å²) in [4.78, 5) is 13.1. The van der Waals surface area contributed by atoms with Crippen molar-refractivity contribution in [1.82, 2.24) is 4.90 Å². The molecule has 0 heterocycles. The van der Waals surface area contributed by atoms with Gasteiger partial charge in [-0.15, -0.1) is 0 Å². The fourth-order valence-corrected chi connectivity index (χ4v) is 1.57. The van der Waals surface area contributed by atoms with Gasteiger partial charge in [-0.2, -0.15) is 0 Å². The lowest BCUT2D eigenvalue weighted by Gasteiger charge is -2.20. The highest BCUT2D eigenvalue weighted by Crippen LogP contribution is 2.12. The highest BCUT2D eigenvalue weighted by atomic mass is 19.1. The molecule has 106 valence electrons. The number of nitrogens with zero attached hydrogens (tertiary/aromatic N) is 1. The third kappa shape index (κ3) is 5.67. The van der Waals surface area contributed by atoms with Crippen molar-refractivity contribution in [2.24, 2.45) is 0 Å². The number of aliphatic hydroxyl groups is 2. The first-order valence-electron chi connectivity index (χ1n) is 6.05. The molecule has 5 nitrogen and oxygen atoms in total. The lowest BCUT2D eigenvalue weighted by Crippen LogP contribution is -2.36. The van der Waals surface area contributed by atoms with Crippen LogP contribution in [-0.4, -0.2) is 53.9 Å². The molecule has 1 rings (SSSR count). The van der Waals surface area contributed by atoms with Gasteiger partial charge in [-0.05, 0) is 12.1 Å². The van der Waals surface area contributed by atoms with Crippen molar-refractivity contribution in [2.45, 2.75) is 6.42 Å². The molecule has 0 aliphatic heterocycles. The highest BCUT2D eigenvalue weighted by Gasteiger charge is 2.12. The van der Waals surface area contributed by atoms with E-state index < -0.39 is 5.82 Å². The molecule has 0 saturated heterocycles. The minimum atomic E-state index is -0.397. The predicted molar refractivity (Wildman–Crippen MR) is 67.3 cm³/mol. The average molecular weight is 271 g/mol. The number of benzene rings is 1. The molecule has 1 aromatic rings. The van der Waals surface area contributed by atoms with Crippen LogP contribution in [0.4, 0.5) is 4.39 Å². The molecule has 0 atom stereocenters. The van der Waals surface area contributed by atoms with Crippen LogP contribution >= 0.6 is 0 Å². The SMILES string of the molecule is O=C(CCOc1cccc(F)c1)N(CCO)CCO. The number of ether oxygens (including phenoxy) is 1. The number of aliphatic hydroxyl groups excluding tert-OH is 2. The van der Waals surface area contributed by atoms with E-state index in [0.717, 1.165) is 0 Å². The zero-order chi connectivity index (χ0) is 14.1. The zero-order valence-electron chi connectivity index (χ0n) is 10.6. The second-order valence-electron chi connectivity index (χ2n) is 3.88. The molecule has 0 fully saturated rings. The quantitative estimate of drug-likeness (QED) is 0.718. The summed E-state index contributed by atoms with van der Waals surface area (Å²) in [5, 5.41) is 17.6. The standard InChI is InChI=1S/C13H18FNO4/c14-11-2-1-3-12(10-11)19-9-4-13(18)15(5-7-16)6-8-17/h1-3,10,16-17H,4-9H2. The molecule has 0 bridgehead atoms. The summed E-state index contributed by atoms with van der Waals surface area (Å²) in [6, 6.07) is 5.68. The van der Waals surface area contributed by atoms with E-state index in [1.807, 2.05) is 0 Å². The van der Waals surface area contributed by atoms with Crippen molar-refractivity contribution >= 4 is 5.91 Å². The van der Waals surface area contributed by atoms with Gasteiger partial charge in [0, 0.05) is 19.2 Å². The molecular formula is C13H18FNO4. The average Bonchev–Trinajstić information content (AvgIpc) is 2.38. The molecule has 6 heteroatoms. The van der Waals surface area contributed by atoms with E-state index >= 15 is 0 Å². The van der Waals surface area contributed by atoms with E-state index in [1.54, 1.807) is 6.07 Å². The molecular weight excluding hydrogens is 253 g/mol. The van der Waals surface area contributed by atoms with Crippen LogP contribution in [0.3, 0.4) is 0 Å².